The minimum atomic E-state index is -3.12. The molecule has 0 N–H and O–H groups in total. The number of rotatable bonds is 6. The SMILES string of the molecule is O=C(Cc1ccccc1)N(Cc1ccc(-c2ccc(Cl)cc2)o1)C1CCS(=O)(=O)C1. The molecule has 3 aromatic rings. The highest BCUT2D eigenvalue weighted by atomic mass is 35.5. The predicted molar refractivity (Wildman–Crippen MR) is 117 cm³/mol. The fourth-order valence-corrected chi connectivity index (χ4v) is 5.57. The molecule has 0 bridgehead atoms. The van der Waals surface area contributed by atoms with Crippen molar-refractivity contribution in [3.63, 3.8) is 0 Å². The minimum Gasteiger partial charge on any atom is -0.459 e. The predicted octanol–water partition coefficient (Wildman–Crippen LogP) is 4.36. The highest BCUT2D eigenvalue weighted by Crippen LogP contribution is 2.26. The van der Waals surface area contributed by atoms with Crippen molar-refractivity contribution in [1.29, 1.82) is 0 Å². The van der Waals surface area contributed by atoms with Gasteiger partial charge in [0.1, 0.15) is 11.5 Å². The van der Waals surface area contributed by atoms with E-state index in [4.69, 9.17) is 16.0 Å². The third-order valence-electron chi connectivity index (χ3n) is 5.28. The number of carbonyl (C=O) groups excluding carboxylic acids is 1. The molecule has 4 rings (SSSR count). The van der Waals surface area contributed by atoms with Gasteiger partial charge < -0.3 is 9.32 Å². The van der Waals surface area contributed by atoms with Crippen LogP contribution in [0.3, 0.4) is 0 Å². The first kappa shape index (κ1) is 20.7. The summed E-state index contributed by atoms with van der Waals surface area (Å²) in [4.78, 5) is 14.8. The van der Waals surface area contributed by atoms with Gasteiger partial charge in [0, 0.05) is 16.6 Å². The molecule has 1 aliphatic rings. The monoisotopic (exact) mass is 443 g/mol. The van der Waals surface area contributed by atoms with Crippen molar-refractivity contribution in [2.45, 2.75) is 25.4 Å². The molecule has 1 unspecified atom stereocenters. The summed E-state index contributed by atoms with van der Waals surface area (Å²) in [6.45, 7) is 0.236. The van der Waals surface area contributed by atoms with Gasteiger partial charge in [0.15, 0.2) is 9.84 Å². The average Bonchev–Trinajstić information content (AvgIpc) is 3.33. The number of sulfone groups is 1. The van der Waals surface area contributed by atoms with Crippen LogP contribution in [0.2, 0.25) is 5.02 Å². The van der Waals surface area contributed by atoms with Gasteiger partial charge in [-0.05, 0) is 48.4 Å². The second-order valence-electron chi connectivity index (χ2n) is 7.51. The zero-order valence-electron chi connectivity index (χ0n) is 16.3. The number of amides is 1. The van der Waals surface area contributed by atoms with Crippen molar-refractivity contribution in [2.75, 3.05) is 11.5 Å². The van der Waals surface area contributed by atoms with Crippen LogP contribution in [0.1, 0.15) is 17.7 Å². The van der Waals surface area contributed by atoms with Gasteiger partial charge >= 0.3 is 0 Å². The number of carbonyl (C=O) groups is 1. The average molecular weight is 444 g/mol. The maximum Gasteiger partial charge on any atom is 0.227 e. The first-order valence-electron chi connectivity index (χ1n) is 9.78. The zero-order chi connectivity index (χ0) is 21.1. The van der Waals surface area contributed by atoms with E-state index in [2.05, 4.69) is 0 Å². The van der Waals surface area contributed by atoms with Gasteiger partial charge in [-0.1, -0.05) is 41.9 Å². The lowest BCUT2D eigenvalue weighted by Gasteiger charge is -2.27. The van der Waals surface area contributed by atoms with Gasteiger partial charge in [-0.15, -0.1) is 0 Å². The fraction of sp³-hybridized carbons (Fsp3) is 0.261. The summed E-state index contributed by atoms with van der Waals surface area (Å²) < 4.78 is 30.0. The Bertz CT molecular complexity index is 1120. The van der Waals surface area contributed by atoms with Gasteiger partial charge in [0.2, 0.25) is 5.91 Å². The van der Waals surface area contributed by atoms with Crippen molar-refractivity contribution in [1.82, 2.24) is 4.90 Å². The number of benzene rings is 2. The Morgan fingerprint density at radius 1 is 1.03 bits per heavy atom. The molecule has 0 aliphatic carbocycles. The van der Waals surface area contributed by atoms with E-state index in [0.29, 0.717) is 23.0 Å². The summed E-state index contributed by atoms with van der Waals surface area (Å²) in [6.07, 6.45) is 0.676. The maximum absolute atomic E-state index is 13.1. The molecule has 0 spiro atoms. The van der Waals surface area contributed by atoms with Crippen LogP contribution in [0, 0.1) is 0 Å². The van der Waals surface area contributed by atoms with E-state index in [1.807, 2.05) is 54.6 Å². The van der Waals surface area contributed by atoms with Crippen molar-refractivity contribution in [3.8, 4) is 11.3 Å². The van der Waals surface area contributed by atoms with Gasteiger partial charge in [-0.3, -0.25) is 4.79 Å². The van der Waals surface area contributed by atoms with Crippen molar-refractivity contribution >= 4 is 27.3 Å². The second kappa shape index (κ2) is 8.66. The summed E-state index contributed by atoms with van der Waals surface area (Å²) in [6, 6.07) is 20.1. The number of nitrogens with zero attached hydrogens (tertiary/aromatic N) is 1. The Kier molecular flexibility index (Phi) is 5.97. The van der Waals surface area contributed by atoms with E-state index < -0.39 is 9.84 Å². The Balaban J connectivity index is 1.55. The van der Waals surface area contributed by atoms with Crippen molar-refractivity contribution in [3.05, 3.63) is 83.1 Å². The molecule has 30 heavy (non-hydrogen) atoms. The Morgan fingerprint density at radius 2 is 1.77 bits per heavy atom. The first-order valence-corrected chi connectivity index (χ1v) is 12.0. The first-order chi connectivity index (χ1) is 14.4. The normalized spacial score (nSPS) is 17.7. The fourth-order valence-electron chi connectivity index (χ4n) is 3.71. The summed E-state index contributed by atoms with van der Waals surface area (Å²) in [5.74, 6) is 1.30. The molecule has 7 heteroatoms. The van der Waals surface area contributed by atoms with E-state index in [-0.39, 0.29) is 36.4 Å². The van der Waals surface area contributed by atoms with Gasteiger partial charge in [-0.25, -0.2) is 8.42 Å². The van der Waals surface area contributed by atoms with E-state index in [1.54, 1.807) is 17.0 Å². The quantitative estimate of drug-likeness (QED) is 0.567. The lowest BCUT2D eigenvalue weighted by atomic mass is 10.1. The lowest BCUT2D eigenvalue weighted by molar-refractivity contribution is -0.133. The van der Waals surface area contributed by atoms with Crippen LogP contribution in [-0.4, -0.2) is 36.8 Å². The molecule has 1 amide bonds. The van der Waals surface area contributed by atoms with E-state index in [1.165, 1.54) is 0 Å². The summed E-state index contributed by atoms with van der Waals surface area (Å²) in [7, 11) is -3.12. The molecule has 1 saturated heterocycles. The van der Waals surface area contributed by atoms with Gasteiger partial charge in [-0.2, -0.15) is 0 Å². The number of furan rings is 1. The van der Waals surface area contributed by atoms with Crippen molar-refractivity contribution < 1.29 is 17.6 Å². The summed E-state index contributed by atoms with van der Waals surface area (Å²) in [5.41, 5.74) is 1.78. The molecular formula is C23H22ClNO4S. The van der Waals surface area contributed by atoms with Crippen LogP contribution in [0.25, 0.3) is 11.3 Å². The second-order valence-corrected chi connectivity index (χ2v) is 10.2. The third-order valence-corrected chi connectivity index (χ3v) is 7.29. The van der Waals surface area contributed by atoms with Gasteiger partial charge in [0.25, 0.3) is 0 Å². The Morgan fingerprint density at radius 3 is 2.43 bits per heavy atom. The highest BCUT2D eigenvalue weighted by Gasteiger charge is 2.35. The largest absolute Gasteiger partial charge is 0.459 e. The van der Waals surface area contributed by atoms with Crippen LogP contribution in [0.15, 0.2) is 71.1 Å². The van der Waals surface area contributed by atoms with E-state index in [9.17, 15) is 13.2 Å². The molecule has 1 atom stereocenters. The Hall–Kier alpha value is -2.57. The molecule has 1 fully saturated rings. The Labute approximate surface area is 181 Å². The van der Waals surface area contributed by atoms with Crippen molar-refractivity contribution in [2.24, 2.45) is 0 Å². The van der Waals surface area contributed by atoms with E-state index in [0.717, 1.165) is 11.1 Å². The molecule has 5 nitrogen and oxygen atoms in total. The van der Waals surface area contributed by atoms with Crippen LogP contribution < -0.4 is 0 Å². The lowest BCUT2D eigenvalue weighted by Crippen LogP contribution is -2.41. The number of hydrogen-bond acceptors (Lipinski definition) is 4. The zero-order valence-corrected chi connectivity index (χ0v) is 17.9. The standard InChI is InChI=1S/C23H22ClNO4S/c24-19-8-6-18(7-9-19)22-11-10-21(29-22)15-25(20-12-13-30(27,28)16-20)23(26)14-17-4-2-1-3-5-17/h1-11,20H,12-16H2. The maximum atomic E-state index is 13.1. The molecule has 0 saturated carbocycles. The van der Waals surface area contributed by atoms with Crippen LogP contribution in [0.5, 0.6) is 0 Å². The topological polar surface area (TPSA) is 67.6 Å². The molecule has 0 radical (unpaired) electrons. The third kappa shape index (κ3) is 4.94. The van der Waals surface area contributed by atoms with Crippen LogP contribution in [-0.2, 0) is 27.6 Å². The molecule has 1 aromatic heterocycles. The molecular weight excluding hydrogens is 422 g/mol. The molecule has 2 heterocycles. The minimum absolute atomic E-state index is 0.00171. The molecule has 156 valence electrons. The summed E-state index contributed by atoms with van der Waals surface area (Å²) in [5, 5.41) is 0.644. The smallest absolute Gasteiger partial charge is 0.227 e. The molecule has 2 aromatic carbocycles. The van der Waals surface area contributed by atoms with E-state index >= 15 is 0 Å². The van der Waals surface area contributed by atoms with Crippen LogP contribution >= 0.6 is 11.6 Å². The van der Waals surface area contributed by atoms with Gasteiger partial charge in [0.05, 0.1) is 24.5 Å². The summed E-state index contributed by atoms with van der Waals surface area (Å²) >= 11 is 5.95. The highest BCUT2D eigenvalue weighted by molar-refractivity contribution is 7.91. The number of hydrogen-bond donors (Lipinski definition) is 0. The molecule has 1 aliphatic heterocycles. The van der Waals surface area contributed by atoms with Crippen LogP contribution in [0.4, 0.5) is 0 Å². The number of halogens is 1.